The summed E-state index contributed by atoms with van der Waals surface area (Å²) < 4.78 is 17.3. The SMILES string of the molecule is CSCCOC(=O)OCO/C(=C(/C#N)c1ccc(C(C)(C)C)cc1)c1c(Cl)c(C)nn1C. The summed E-state index contributed by atoms with van der Waals surface area (Å²) in [5.74, 6) is 0.828. The zero-order chi connectivity index (χ0) is 23.9. The number of benzene rings is 1. The molecule has 0 fully saturated rings. The predicted octanol–water partition coefficient (Wildman–Crippen LogP) is 5.56. The average Bonchev–Trinajstić information content (AvgIpc) is 2.98. The first kappa shape index (κ1) is 25.6. The van der Waals surface area contributed by atoms with Crippen LogP contribution in [0, 0.1) is 18.3 Å². The normalized spacial score (nSPS) is 12.1. The molecule has 0 unspecified atom stereocenters. The Morgan fingerprint density at radius 2 is 1.88 bits per heavy atom. The van der Waals surface area contributed by atoms with Crippen molar-refractivity contribution < 1.29 is 19.0 Å². The molecule has 0 aliphatic carbocycles. The van der Waals surface area contributed by atoms with Gasteiger partial charge in [-0.3, -0.25) is 4.68 Å². The van der Waals surface area contributed by atoms with Crippen LogP contribution in [0.5, 0.6) is 0 Å². The smallest absolute Gasteiger partial charge is 0.453 e. The summed E-state index contributed by atoms with van der Waals surface area (Å²) in [5, 5.41) is 14.6. The minimum atomic E-state index is -0.848. The Kier molecular flexibility index (Phi) is 9.05. The monoisotopic (exact) mass is 477 g/mol. The van der Waals surface area contributed by atoms with E-state index in [1.165, 1.54) is 4.68 Å². The van der Waals surface area contributed by atoms with E-state index in [4.69, 9.17) is 25.8 Å². The lowest BCUT2D eigenvalue weighted by atomic mass is 9.86. The highest BCUT2D eigenvalue weighted by atomic mass is 35.5. The molecular formula is C23H28ClN3O4S. The van der Waals surface area contributed by atoms with Crippen molar-refractivity contribution in [2.75, 3.05) is 25.4 Å². The van der Waals surface area contributed by atoms with Crippen LogP contribution in [0.3, 0.4) is 0 Å². The van der Waals surface area contributed by atoms with E-state index in [1.807, 2.05) is 30.5 Å². The third-order valence-electron chi connectivity index (χ3n) is 4.63. The highest BCUT2D eigenvalue weighted by Crippen LogP contribution is 2.34. The number of hydrogen-bond donors (Lipinski definition) is 0. The van der Waals surface area contributed by atoms with Crippen LogP contribution < -0.4 is 0 Å². The van der Waals surface area contributed by atoms with Crippen LogP contribution in [-0.4, -0.2) is 41.3 Å². The van der Waals surface area contributed by atoms with E-state index in [0.717, 1.165) is 5.56 Å². The summed E-state index contributed by atoms with van der Waals surface area (Å²) in [4.78, 5) is 11.8. The molecule has 2 aromatic rings. The molecule has 0 saturated carbocycles. The van der Waals surface area contributed by atoms with Gasteiger partial charge >= 0.3 is 6.16 Å². The molecule has 0 radical (unpaired) electrons. The standard InChI is InChI=1S/C23H28ClN3O4S/c1-15-19(24)20(27(5)26-15)21(30-14-31-22(28)29-11-12-32-6)18(13-25)16-7-9-17(10-8-16)23(2,3)4/h7-10H,11-12,14H2,1-6H3/b21-18-. The molecule has 9 heteroatoms. The number of allylic oxidation sites excluding steroid dienone is 1. The van der Waals surface area contributed by atoms with Gasteiger partial charge in [0.25, 0.3) is 0 Å². The largest absolute Gasteiger partial charge is 0.511 e. The number of nitriles is 1. The van der Waals surface area contributed by atoms with Gasteiger partial charge in [-0.15, -0.1) is 0 Å². The second-order valence-corrected chi connectivity index (χ2v) is 9.38. The molecular weight excluding hydrogens is 450 g/mol. The van der Waals surface area contributed by atoms with E-state index in [9.17, 15) is 10.1 Å². The second kappa shape index (κ2) is 11.3. The van der Waals surface area contributed by atoms with E-state index in [0.29, 0.717) is 27.7 Å². The number of carbonyl (C=O) groups excluding carboxylic acids is 1. The van der Waals surface area contributed by atoms with E-state index in [2.05, 4.69) is 31.9 Å². The van der Waals surface area contributed by atoms with E-state index < -0.39 is 12.9 Å². The van der Waals surface area contributed by atoms with Crippen LogP contribution in [-0.2, 0) is 26.7 Å². The Hall–Kier alpha value is -2.63. The van der Waals surface area contributed by atoms with Crippen LogP contribution >= 0.6 is 23.4 Å². The number of aromatic nitrogens is 2. The molecule has 172 valence electrons. The van der Waals surface area contributed by atoms with Gasteiger partial charge in [0.1, 0.15) is 23.9 Å². The minimum Gasteiger partial charge on any atom is -0.453 e. The fraction of sp³-hybridized carbons (Fsp3) is 0.435. The third-order valence-corrected chi connectivity index (χ3v) is 5.66. The summed E-state index contributed by atoms with van der Waals surface area (Å²) in [6, 6.07) is 9.86. The molecule has 0 saturated heterocycles. The third kappa shape index (κ3) is 6.44. The lowest BCUT2D eigenvalue weighted by Crippen LogP contribution is -2.13. The lowest BCUT2D eigenvalue weighted by Gasteiger charge is -2.19. The Bertz CT molecular complexity index is 1020. The summed E-state index contributed by atoms with van der Waals surface area (Å²) in [6.07, 6.45) is 1.06. The molecule has 0 N–H and O–H groups in total. The Morgan fingerprint density at radius 1 is 1.22 bits per heavy atom. The molecule has 0 aliphatic heterocycles. The Morgan fingerprint density at radius 3 is 2.38 bits per heavy atom. The van der Waals surface area contributed by atoms with Crippen LogP contribution in [0.25, 0.3) is 11.3 Å². The molecule has 1 heterocycles. The minimum absolute atomic E-state index is 0.0265. The second-order valence-electron chi connectivity index (χ2n) is 8.01. The van der Waals surface area contributed by atoms with Crippen LogP contribution in [0.2, 0.25) is 5.02 Å². The molecule has 0 aliphatic rings. The number of carbonyl (C=O) groups is 1. The molecule has 0 amide bonds. The maximum atomic E-state index is 11.8. The maximum absolute atomic E-state index is 11.8. The number of nitrogens with zero attached hydrogens (tertiary/aromatic N) is 3. The van der Waals surface area contributed by atoms with Crippen LogP contribution in [0.15, 0.2) is 24.3 Å². The van der Waals surface area contributed by atoms with Crippen molar-refractivity contribution in [3.05, 3.63) is 51.8 Å². The number of ether oxygens (including phenoxy) is 3. The van der Waals surface area contributed by atoms with Crippen molar-refractivity contribution in [1.82, 2.24) is 9.78 Å². The highest BCUT2D eigenvalue weighted by Gasteiger charge is 2.23. The molecule has 0 atom stereocenters. The summed E-state index contributed by atoms with van der Waals surface area (Å²) in [7, 11) is 1.70. The quantitative estimate of drug-likeness (QED) is 0.162. The van der Waals surface area contributed by atoms with Gasteiger partial charge < -0.3 is 14.2 Å². The first-order chi connectivity index (χ1) is 15.1. The van der Waals surface area contributed by atoms with E-state index in [1.54, 1.807) is 25.7 Å². The molecule has 0 spiro atoms. The van der Waals surface area contributed by atoms with E-state index in [-0.39, 0.29) is 23.4 Å². The zero-order valence-corrected chi connectivity index (χ0v) is 20.8. The maximum Gasteiger partial charge on any atom is 0.511 e. The molecule has 32 heavy (non-hydrogen) atoms. The molecule has 1 aromatic carbocycles. The number of thioether (sulfide) groups is 1. The van der Waals surface area contributed by atoms with Crippen molar-refractivity contribution in [2.24, 2.45) is 7.05 Å². The van der Waals surface area contributed by atoms with Crippen molar-refractivity contribution >= 4 is 40.9 Å². The summed E-state index contributed by atoms with van der Waals surface area (Å²) in [6.45, 7) is 7.90. The number of rotatable bonds is 8. The first-order valence-corrected chi connectivity index (χ1v) is 11.7. The molecule has 1 aromatic heterocycles. The number of aryl methyl sites for hydroxylation is 2. The van der Waals surface area contributed by atoms with Gasteiger partial charge in [-0.1, -0.05) is 56.6 Å². The average molecular weight is 478 g/mol. The van der Waals surface area contributed by atoms with Gasteiger partial charge in [-0.2, -0.15) is 22.1 Å². The van der Waals surface area contributed by atoms with Crippen molar-refractivity contribution in [1.29, 1.82) is 5.26 Å². The predicted molar refractivity (Wildman–Crippen MR) is 127 cm³/mol. The Balaban J connectivity index is 2.41. The first-order valence-electron chi connectivity index (χ1n) is 9.96. The number of halogens is 1. The number of hydrogen-bond acceptors (Lipinski definition) is 7. The summed E-state index contributed by atoms with van der Waals surface area (Å²) in [5.41, 5.74) is 3.00. The van der Waals surface area contributed by atoms with Crippen LogP contribution in [0.4, 0.5) is 4.79 Å². The zero-order valence-electron chi connectivity index (χ0n) is 19.2. The fourth-order valence-electron chi connectivity index (χ4n) is 2.91. The molecule has 7 nitrogen and oxygen atoms in total. The highest BCUT2D eigenvalue weighted by molar-refractivity contribution is 7.98. The summed E-state index contributed by atoms with van der Waals surface area (Å²) >= 11 is 8.02. The van der Waals surface area contributed by atoms with Gasteiger partial charge in [0.05, 0.1) is 10.7 Å². The van der Waals surface area contributed by atoms with Gasteiger partial charge in [0.15, 0.2) is 5.76 Å². The van der Waals surface area contributed by atoms with Gasteiger partial charge in [0, 0.05) is 12.8 Å². The van der Waals surface area contributed by atoms with E-state index >= 15 is 0 Å². The van der Waals surface area contributed by atoms with Crippen molar-refractivity contribution in [2.45, 2.75) is 33.1 Å². The lowest BCUT2D eigenvalue weighted by molar-refractivity contribution is -0.00329. The van der Waals surface area contributed by atoms with Crippen molar-refractivity contribution in [3.63, 3.8) is 0 Å². The Labute approximate surface area is 198 Å². The van der Waals surface area contributed by atoms with Crippen LogP contribution in [0.1, 0.15) is 43.3 Å². The topological polar surface area (TPSA) is 86.4 Å². The van der Waals surface area contributed by atoms with Gasteiger partial charge in [-0.25, -0.2) is 4.79 Å². The van der Waals surface area contributed by atoms with Gasteiger partial charge in [0.2, 0.25) is 6.79 Å². The molecule has 0 bridgehead atoms. The van der Waals surface area contributed by atoms with Gasteiger partial charge in [-0.05, 0) is 29.7 Å². The molecule has 2 rings (SSSR count). The van der Waals surface area contributed by atoms with Crippen molar-refractivity contribution in [3.8, 4) is 6.07 Å². The fourth-order valence-corrected chi connectivity index (χ4v) is 3.40.